The smallest absolute Gasteiger partial charge is 0.408 e. The summed E-state index contributed by atoms with van der Waals surface area (Å²) < 4.78 is 6.11. The highest BCUT2D eigenvalue weighted by molar-refractivity contribution is 5.94. The van der Waals surface area contributed by atoms with E-state index >= 15 is 0 Å². The van der Waals surface area contributed by atoms with Gasteiger partial charge in [-0.3, -0.25) is 14.4 Å². The van der Waals surface area contributed by atoms with E-state index in [4.69, 9.17) is 9.84 Å². The average Bonchev–Trinajstić information content (AvgIpc) is 3.39. The molecule has 3 amide bonds. The first-order chi connectivity index (χ1) is 21.2. The van der Waals surface area contributed by atoms with Gasteiger partial charge in [-0.1, -0.05) is 48.5 Å². The lowest BCUT2D eigenvalue weighted by molar-refractivity contribution is -0.141. The molecule has 1 aromatic heterocycles. The zero-order chi connectivity index (χ0) is 30.8. The van der Waals surface area contributed by atoms with Gasteiger partial charge in [-0.2, -0.15) is 0 Å². The number of amides is 3. The molecule has 7 rings (SSSR count). The number of alkyl carbamates (subject to hydrolysis) is 1. The maximum absolute atomic E-state index is 14.0. The summed E-state index contributed by atoms with van der Waals surface area (Å²) in [6.07, 6.45) is 6.34. The second-order valence-corrected chi connectivity index (χ2v) is 13.1. The van der Waals surface area contributed by atoms with E-state index in [-0.39, 0.29) is 24.5 Å². The van der Waals surface area contributed by atoms with E-state index in [0.717, 1.165) is 54.0 Å². The standard InChI is InChI=1S/C34H40N4O6.H2O/c1-34(17-25-18-35-27-10-6-5-9-26(25)27,38-33(43)44-31-23-12-20-11-21(14-23)15-24(31)13-20)32(42)36-19-28(22-7-3-2-4-8-22)37-29(39)16-30(40)41;/h2-10,18,20-21,23-24,28,31,35H,11-17,19H2,1H3,(H,36,42)(H,37,39)(H,38,43)(H,40,41);1H2/t20?,21?,23?,24?,28-,31?,34+;/m0./s1. The molecule has 45 heavy (non-hydrogen) atoms. The molecule has 4 fully saturated rings. The van der Waals surface area contributed by atoms with Gasteiger partial charge < -0.3 is 36.3 Å². The molecule has 7 N–H and O–H groups in total. The molecule has 0 aliphatic heterocycles. The Kier molecular flexibility index (Phi) is 9.48. The van der Waals surface area contributed by atoms with Crippen molar-refractivity contribution in [1.29, 1.82) is 0 Å². The van der Waals surface area contributed by atoms with E-state index < -0.39 is 41.9 Å². The molecule has 0 spiro atoms. The number of carboxylic acids is 1. The molecule has 4 bridgehead atoms. The largest absolute Gasteiger partial charge is 0.481 e. The Morgan fingerprint density at radius 2 is 1.60 bits per heavy atom. The number of carbonyl (C=O) groups excluding carboxylic acids is 3. The fourth-order valence-electron chi connectivity index (χ4n) is 8.00. The lowest BCUT2D eigenvalue weighted by Gasteiger charge is -2.53. The maximum Gasteiger partial charge on any atom is 0.408 e. The van der Waals surface area contributed by atoms with E-state index in [2.05, 4.69) is 20.9 Å². The number of fused-ring (bicyclic) bond motifs is 1. The van der Waals surface area contributed by atoms with Crippen molar-refractivity contribution in [2.45, 2.75) is 69.6 Å². The number of H-pyrrole nitrogens is 1. The number of carboxylic acid groups (broad SMARTS) is 1. The van der Waals surface area contributed by atoms with Gasteiger partial charge in [0.25, 0.3) is 0 Å². The Morgan fingerprint density at radius 1 is 0.956 bits per heavy atom. The molecular formula is C34H42N4O7. The summed E-state index contributed by atoms with van der Waals surface area (Å²) in [5.74, 6) is -0.110. The molecule has 0 radical (unpaired) electrons. The summed E-state index contributed by atoms with van der Waals surface area (Å²) >= 11 is 0. The summed E-state index contributed by atoms with van der Waals surface area (Å²) in [5.41, 5.74) is 1.11. The number of benzene rings is 2. The molecule has 3 aromatic rings. The van der Waals surface area contributed by atoms with Crippen molar-refractivity contribution < 1.29 is 34.5 Å². The van der Waals surface area contributed by atoms with Gasteiger partial charge in [0.05, 0.1) is 6.04 Å². The number of carbonyl (C=O) groups is 4. The molecule has 240 valence electrons. The number of aliphatic carboxylic acids is 1. The van der Waals surface area contributed by atoms with Crippen LogP contribution in [0.3, 0.4) is 0 Å². The minimum Gasteiger partial charge on any atom is -0.481 e. The summed E-state index contributed by atoms with van der Waals surface area (Å²) in [6, 6.07) is 16.1. The van der Waals surface area contributed by atoms with E-state index in [1.807, 2.05) is 36.5 Å². The Morgan fingerprint density at radius 3 is 2.27 bits per heavy atom. The summed E-state index contributed by atoms with van der Waals surface area (Å²) in [7, 11) is 0. The SMILES string of the molecule is C[C@](Cc1c[nH]c2ccccc12)(NC(=O)OC1C2CC3CC(C2)CC1C3)C(=O)NC[C@H](NC(=O)CC(=O)O)c1ccccc1.O. The number of aromatic nitrogens is 1. The average molecular weight is 619 g/mol. The first-order valence-electron chi connectivity index (χ1n) is 15.5. The predicted molar refractivity (Wildman–Crippen MR) is 167 cm³/mol. The van der Waals surface area contributed by atoms with Gasteiger partial charge in [-0.25, -0.2) is 4.79 Å². The van der Waals surface area contributed by atoms with Gasteiger partial charge in [0, 0.05) is 30.1 Å². The molecule has 2 atom stereocenters. The molecule has 11 heteroatoms. The first-order valence-corrected chi connectivity index (χ1v) is 15.5. The molecule has 2 aromatic carbocycles. The van der Waals surface area contributed by atoms with E-state index in [1.54, 1.807) is 31.2 Å². The van der Waals surface area contributed by atoms with Crippen LogP contribution in [0.15, 0.2) is 60.8 Å². The van der Waals surface area contributed by atoms with Gasteiger partial charge in [0.1, 0.15) is 18.1 Å². The minimum absolute atomic E-state index is 0. The van der Waals surface area contributed by atoms with Crippen LogP contribution in [0.2, 0.25) is 0 Å². The Bertz CT molecular complexity index is 1510. The van der Waals surface area contributed by atoms with E-state index in [1.165, 1.54) is 6.42 Å². The number of nitrogens with one attached hydrogen (secondary N) is 4. The van der Waals surface area contributed by atoms with Gasteiger partial charge in [0.15, 0.2) is 0 Å². The third-order valence-electron chi connectivity index (χ3n) is 9.80. The topological polar surface area (TPSA) is 181 Å². The molecule has 4 saturated carbocycles. The first kappa shape index (κ1) is 32.0. The molecular weight excluding hydrogens is 576 g/mol. The number of hydrogen-bond donors (Lipinski definition) is 5. The van der Waals surface area contributed by atoms with Crippen LogP contribution in [0.25, 0.3) is 10.9 Å². The van der Waals surface area contributed by atoms with Crippen molar-refractivity contribution in [3.63, 3.8) is 0 Å². The van der Waals surface area contributed by atoms with Crippen molar-refractivity contribution in [2.24, 2.45) is 23.7 Å². The van der Waals surface area contributed by atoms with Crippen LogP contribution < -0.4 is 16.0 Å². The van der Waals surface area contributed by atoms with Gasteiger partial charge in [0.2, 0.25) is 11.8 Å². The van der Waals surface area contributed by atoms with E-state index in [0.29, 0.717) is 17.4 Å². The van der Waals surface area contributed by atoms with Crippen LogP contribution in [-0.4, -0.2) is 57.6 Å². The van der Waals surface area contributed by atoms with Crippen LogP contribution in [-0.2, 0) is 25.5 Å². The van der Waals surface area contributed by atoms with E-state index in [9.17, 15) is 19.2 Å². The molecule has 0 saturated heterocycles. The molecule has 4 aliphatic rings. The zero-order valence-corrected chi connectivity index (χ0v) is 25.4. The number of ether oxygens (including phenoxy) is 1. The monoisotopic (exact) mass is 618 g/mol. The van der Waals surface area contributed by atoms with Crippen LogP contribution in [0, 0.1) is 23.7 Å². The molecule has 0 unspecified atom stereocenters. The third-order valence-corrected chi connectivity index (χ3v) is 9.80. The van der Waals surface area contributed by atoms with Crippen LogP contribution >= 0.6 is 0 Å². The lowest BCUT2D eigenvalue weighted by atomic mass is 9.55. The number of rotatable bonds is 11. The van der Waals surface area contributed by atoms with Gasteiger partial charge >= 0.3 is 12.1 Å². The summed E-state index contributed by atoms with van der Waals surface area (Å²) in [4.78, 5) is 54.2. The second kappa shape index (κ2) is 13.3. The Balaban J connectivity index is 0.00000400. The quantitative estimate of drug-likeness (QED) is 0.205. The third kappa shape index (κ3) is 7.14. The number of aromatic amines is 1. The van der Waals surface area contributed by atoms with Crippen molar-refractivity contribution in [3.05, 3.63) is 71.9 Å². The number of para-hydroxylation sites is 1. The number of hydrogen-bond acceptors (Lipinski definition) is 5. The highest BCUT2D eigenvalue weighted by Crippen LogP contribution is 2.54. The van der Waals surface area contributed by atoms with Crippen LogP contribution in [0.5, 0.6) is 0 Å². The maximum atomic E-state index is 14.0. The highest BCUT2D eigenvalue weighted by Gasteiger charge is 2.50. The lowest BCUT2D eigenvalue weighted by Crippen LogP contribution is -2.60. The highest BCUT2D eigenvalue weighted by atomic mass is 16.6. The van der Waals surface area contributed by atoms with Crippen LogP contribution in [0.1, 0.15) is 62.6 Å². The normalized spacial score (nSPS) is 25.0. The van der Waals surface area contributed by atoms with Gasteiger partial charge in [-0.15, -0.1) is 0 Å². The second-order valence-electron chi connectivity index (χ2n) is 13.1. The summed E-state index contributed by atoms with van der Waals surface area (Å²) in [5, 5.41) is 18.6. The Labute approximate surface area is 261 Å². The van der Waals surface area contributed by atoms with Crippen molar-refractivity contribution >= 4 is 34.8 Å². The molecule has 4 aliphatic carbocycles. The molecule has 11 nitrogen and oxygen atoms in total. The fourth-order valence-corrected chi connectivity index (χ4v) is 8.00. The predicted octanol–water partition coefficient (Wildman–Crippen LogP) is 3.64. The van der Waals surface area contributed by atoms with Crippen molar-refractivity contribution in [3.8, 4) is 0 Å². The summed E-state index contributed by atoms with van der Waals surface area (Å²) in [6.45, 7) is 1.67. The van der Waals surface area contributed by atoms with Crippen LogP contribution in [0.4, 0.5) is 4.79 Å². The Hall–Kier alpha value is -4.38. The molecule has 1 heterocycles. The van der Waals surface area contributed by atoms with Crippen molar-refractivity contribution in [1.82, 2.24) is 20.9 Å². The van der Waals surface area contributed by atoms with Gasteiger partial charge in [-0.05, 0) is 79.9 Å². The zero-order valence-electron chi connectivity index (χ0n) is 25.4. The minimum atomic E-state index is -1.39. The van der Waals surface area contributed by atoms with Crippen molar-refractivity contribution in [2.75, 3.05) is 6.54 Å². The fraction of sp³-hybridized carbons (Fsp3) is 0.471.